The van der Waals surface area contributed by atoms with Gasteiger partial charge < -0.3 is 27.8 Å². The van der Waals surface area contributed by atoms with Crippen molar-refractivity contribution in [2.45, 2.75) is 112 Å². The fourth-order valence-electron chi connectivity index (χ4n) is 4.14. The number of methoxy groups -OCH3 is 1. The highest BCUT2D eigenvalue weighted by molar-refractivity contribution is 6.63. The van der Waals surface area contributed by atoms with Crippen molar-refractivity contribution in [3.8, 4) is 0 Å². The summed E-state index contributed by atoms with van der Waals surface area (Å²) in [6, 6.07) is 11.0. The summed E-state index contributed by atoms with van der Waals surface area (Å²) in [5.41, 5.74) is 0.780. The van der Waals surface area contributed by atoms with Crippen molar-refractivity contribution in [2.75, 3.05) is 7.11 Å². The third-order valence-corrected chi connectivity index (χ3v) is 8.38. The minimum atomic E-state index is -0.541. The van der Waals surface area contributed by atoms with E-state index in [4.69, 9.17) is 27.8 Å². The molecule has 2 aliphatic heterocycles. The van der Waals surface area contributed by atoms with Crippen molar-refractivity contribution < 1.29 is 27.8 Å². The molecule has 1 aromatic heterocycles. The van der Waals surface area contributed by atoms with Crippen LogP contribution in [0.25, 0.3) is 21.9 Å². The second-order valence-corrected chi connectivity index (χ2v) is 13.4. The fraction of sp³-hybridized carbons (Fsp3) is 0.581. The van der Waals surface area contributed by atoms with Gasteiger partial charge in [-0.1, -0.05) is 19.6 Å². The number of hydrogen-bond acceptors (Lipinski definition) is 7. The molecule has 9 heteroatoms. The Labute approximate surface area is 240 Å². The molecule has 40 heavy (non-hydrogen) atoms. The molecule has 2 aliphatic rings. The van der Waals surface area contributed by atoms with Crippen LogP contribution in [-0.4, -0.2) is 49.4 Å². The zero-order valence-electron chi connectivity index (χ0n) is 25.5. The molecule has 0 amide bonds. The number of ether oxygens (including phenoxy) is 1. The zero-order valence-corrected chi connectivity index (χ0v) is 25.5. The van der Waals surface area contributed by atoms with Gasteiger partial charge in [0.1, 0.15) is 11.2 Å². The molecular formula is C31H46B2O7. The molecule has 0 radical (unpaired) electrons. The third-order valence-electron chi connectivity index (χ3n) is 8.38. The predicted octanol–water partition coefficient (Wildman–Crippen LogP) is 5.61. The molecular weight excluding hydrogens is 506 g/mol. The Morgan fingerprint density at radius 3 is 1.48 bits per heavy atom. The number of benzene rings is 2. The van der Waals surface area contributed by atoms with Crippen molar-refractivity contribution in [1.29, 1.82) is 0 Å². The molecule has 2 fully saturated rings. The summed E-state index contributed by atoms with van der Waals surface area (Å²) in [5, 5.41) is 1.01. The van der Waals surface area contributed by atoms with E-state index >= 15 is 0 Å². The van der Waals surface area contributed by atoms with Crippen LogP contribution in [0, 0.1) is 0 Å². The molecule has 2 aromatic carbocycles. The van der Waals surface area contributed by atoms with Gasteiger partial charge in [-0.15, -0.1) is 0 Å². The zero-order chi connectivity index (χ0) is 29.2. The summed E-state index contributed by atoms with van der Waals surface area (Å²) in [4.78, 5) is 13.3. The van der Waals surface area contributed by atoms with E-state index in [-0.39, 0.29) is 18.5 Å². The first-order valence-electron chi connectivity index (χ1n) is 13.5. The van der Waals surface area contributed by atoms with Crippen LogP contribution in [0.5, 0.6) is 0 Å². The van der Waals surface area contributed by atoms with Gasteiger partial charge in [-0.25, -0.2) is 0 Å². The van der Waals surface area contributed by atoms with Gasteiger partial charge in [-0.05, 0) is 111 Å². The van der Waals surface area contributed by atoms with Gasteiger partial charge in [0.2, 0.25) is 5.43 Å². The first-order chi connectivity index (χ1) is 17.8. The molecule has 0 saturated carbocycles. The van der Waals surface area contributed by atoms with Gasteiger partial charge in [0.05, 0.1) is 38.8 Å². The maximum Gasteiger partial charge on any atom is 0.494 e. The molecule has 3 heterocycles. The molecule has 0 atom stereocenters. The summed E-state index contributed by atoms with van der Waals surface area (Å²) < 4.78 is 35.7. The van der Waals surface area contributed by atoms with Crippen LogP contribution in [0.4, 0.5) is 0 Å². The van der Waals surface area contributed by atoms with Crippen molar-refractivity contribution in [2.24, 2.45) is 0 Å². The lowest BCUT2D eigenvalue weighted by atomic mass is 9.78. The maximum atomic E-state index is 13.3. The Hall–Kier alpha value is -2.16. The molecule has 0 bridgehead atoms. The van der Waals surface area contributed by atoms with Gasteiger partial charge >= 0.3 is 14.2 Å². The minimum Gasteiger partial charge on any atom is -0.456 e. The fourth-order valence-corrected chi connectivity index (χ4v) is 4.14. The van der Waals surface area contributed by atoms with E-state index in [1.165, 1.54) is 0 Å². The van der Waals surface area contributed by atoms with E-state index in [2.05, 4.69) is 0 Å². The lowest BCUT2D eigenvalue weighted by Crippen LogP contribution is -2.41. The largest absolute Gasteiger partial charge is 0.494 e. The van der Waals surface area contributed by atoms with Gasteiger partial charge in [0.15, 0.2) is 0 Å². The van der Waals surface area contributed by atoms with Crippen LogP contribution < -0.4 is 16.4 Å². The van der Waals surface area contributed by atoms with E-state index in [0.29, 0.717) is 21.9 Å². The first-order valence-corrected chi connectivity index (χ1v) is 13.5. The molecule has 2 saturated heterocycles. The van der Waals surface area contributed by atoms with E-state index in [0.717, 1.165) is 10.9 Å². The Morgan fingerprint density at radius 1 is 0.650 bits per heavy atom. The Kier molecular flexibility index (Phi) is 8.57. The van der Waals surface area contributed by atoms with Crippen LogP contribution in [0.2, 0.25) is 0 Å². The molecule has 0 N–H and O–H groups in total. The SMILES string of the molecule is C.CC1(C)OB(c2ccc3c(=O)c4cc(B5OC(C)(C)C(C)(C)O5)ccc4oc3c2)OC1(C)C.COC(C)(C)C. The van der Waals surface area contributed by atoms with Crippen LogP contribution in [0.1, 0.15) is 83.6 Å². The number of fused-ring (bicyclic) bond motifs is 2. The van der Waals surface area contributed by atoms with Gasteiger partial charge in [0, 0.05) is 7.11 Å². The summed E-state index contributed by atoms with van der Waals surface area (Å²) >= 11 is 0. The molecule has 7 nitrogen and oxygen atoms in total. The second kappa shape index (κ2) is 10.6. The molecule has 5 rings (SSSR count). The Morgan fingerprint density at radius 2 is 1.05 bits per heavy atom. The van der Waals surface area contributed by atoms with E-state index in [1.54, 1.807) is 19.2 Å². The highest BCUT2D eigenvalue weighted by Crippen LogP contribution is 2.37. The van der Waals surface area contributed by atoms with Crippen LogP contribution in [-0.2, 0) is 23.4 Å². The smallest absolute Gasteiger partial charge is 0.456 e. The number of hydrogen-bond donors (Lipinski definition) is 0. The van der Waals surface area contributed by atoms with Crippen molar-refractivity contribution in [3.63, 3.8) is 0 Å². The molecule has 0 aliphatic carbocycles. The van der Waals surface area contributed by atoms with Crippen molar-refractivity contribution in [3.05, 3.63) is 46.6 Å². The summed E-state index contributed by atoms with van der Waals surface area (Å²) in [6.45, 7) is 22.1. The highest BCUT2D eigenvalue weighted by Gasteiger charge is 2.52. The van der Waals surface area contributed by atoms with E-state index in [9.17, 15) is 4.79 Å². The quantitative estimate of drug-likeness (QED) is 0.302. The van der Waals surface area contributed by atoms with Crippen molar-refractivity contribution in [1.82, 2.24) is 0 Å². The van der Waals surface area contributed by atoms with Gasteiger partial charge in [0.25, 0.3) is 0 Å². The predicted molar refractivity (Wildman–Crippen MR) is 165 cm³/mol. The van der Waals surface area contributed by atoms with E-state index in [1.807, 2.05) is 100 Å². The topological polar surface area (TPSA) is 76.4 Å². The van der Waals surface area contributed by atoms with Crippen LogP contribution in [0.3, 0.4) is 0 Å². The molecule has 3 aromatic rings. The summed E-state index contributed by atoms with van der Waals surface area (Å²) in [5.74, 6) is 0. The Bertz CT molecular complexity index is 1400. The average Bonchev–Trinajstić information content (AvgIpc) is 3.18. The van der Waals surface area contributed by atoms with Crippen molar-refractivity contribution >= 4 is 47.1 Å². The van der Waals surface area contributed by atoms with Gasteiger partial charge in [-0.3, -0.25) is 4.79 Å². The summed E-state index contributed by atoms with van der Waals surface area (Å²) in [6.07, 6.45) is 0. The third kappa shape index (κ3) is 6.04. The second-order valence-electron chi connectivity index (χ2n) is 13.4. The Balaban J connectivity index is 0.000000570. The summed E-state index contributed by atoms with van der Waals surface area (Å²) in [7, 11) is 0.645. The lowest BCUT2D eigenvalue weighted by Gasteiger charge is -2.32. The first kappa shape index (κ1) is 32.4. The van der Waals surface area contributed by atoms with E-state index < -0.39 is 36.6 Å². The van der Waals surface area contributed by atoms with Crippen LogP contribution >= 0.6 is 0 Å². The average molecular weight is 552 g/mol. The molecule has 0 unspecified atom stereocenters. The van der Waals surface area contributed by atoms with Crippen LogP contribution in [0.15, 0.2) is 45.6 Å². The van der Waals surface area contributed by atoms with Gasteiger partial charge in [-0.2, -0.15) is 0 Å². The number of rotatable bonds is 2. The monoisotopic (exact) mass is 552 g/mol. The minimum absolute atomic E-state index is 0. The normalized spacial score (nSPS) is 20.8. The lowest BCUT2D eigenvalue weighted by molar-refractivity contribution is 0.00578. The molecule has 218 valence electrons. The molecule has 0 spiro atoms. The standard InChI is InChI=1S/C25H30B2O6.C5H12O.CH4/c1-22(2)23(3,4)31-26(30-22)15-10-12-19-18(13-15)21(28)17-11-9-16(14-20(17)29-19)27-32-24(5,6)25(7,8)33-27;1-5(2,3)6-4;/h9-14H,1-8H3;1-4H3;1H4. The maximum absolute atomic E-state index is 13.3. The highest BCUT2D eigenvalue weighted by atomic mass is 16.7.